The Kier molecular flexibility index (Phi) is 4.08. The van der Waals surface area contributed by atoms with Crippen molar-refractivity contribution in [2.24, 2.45) is 17.8 Å². The number of carbonyl (C=O) groups excluding carboxylic acids is 1. The lowest BCUT2D eigenvalue weighted by molar-refractivity contribution is -0.123. The fourth-order valence-corrected chi connectivity index (χ4v) is 6.90. The zero-order valence-electron chi connectivity index (χ0n) is 17.0. The summed E-state index contributed by atoms with van der Waals surface area (Å²) in [5, 5.41) is 6.49. The van der Waals surface area contributed by atoms with E-state index in [4.69, 9.17) is 0 Å². The molecule has 1 aromatic carbocycles. The summed E-state index contributed by atoms with van der Waals surface area (Å²) in [6.07, 6.45) is 13.4. The Hall–Kier alpha value is -2.70. The second-order valence-electron chi connectivity index (χ2n) is 9.87. The highest BCUT2D eigenvalue weighted by Gasteiger charge is 2.52. The molecular weight excluding hydrogens is 403 g/mol. The molecule has 1 amide bonds. The second kappa shape index (κ2) is 6.65. The van der Waals surface area contributed by atoms with Crippen molar-refractivity contribution in [1.29, 1.82) is 0 Å². The number of allylic oxidation sites excluding steroid dienone is 3. The molecule has 0 saturated heterocycles. The van der Waals surface area contributed by atoms with Crippen LogP contribution in [0.2, 0.25) is 0 Å². The number of nitrogens with one attached hydrogen (secondary N) is 2. The molecule has 4 bridgehead atoms. The van der Waals surface area contributed by atoms with Crippen LogP contribution in [-0.4, -0.2) is 16.3 Å². The predicted molar refractivity (Wildman–Crippen MR) is 108 cm³/mol. The average molecular weight is 427 g/mol. The molecule has 0 aromatic heterocycles. The maximum Gasteiger partial charge on any atom is 0.270 e. The summed E-state index contributed by atoms with van der Waals surface area (Å²) in [5.74, 6) is -2.08. The van der Waals surface area contributed by atoms with Gasteiger partial charge in [0.1, 0.15) is 11.9 Å². The van der Waals surface area contributed by atoms with E-state index in [0.717, 1.165) is 31.4 Å². The molecule has 7 heteroatoms. The van der Waals surface area contributed by atoms with Gasteiger partial charge in [-0.15, -0.1) is 0 Å². The molecule has 7 rings (SSSR count). The zero-order chi connectivity index (χ0) is 21.3. The Morgan fingerprint density at radius 1 is 1.00 bits per heavy atom. The highest BCUT2D eigenvalue weighted by molar-refractivity contribution is 5.95. The molecule has 6 aliphatic rings. The van der Waals surface area contributed by atoms with E-state index in [1.54, 1.807) is 23.3 Å². The number of carbonyl (C=O) groups is 1. The van der Waals surface area contributed by atoms with Gasteiger partial charge in [0.2, 0.25) is 0 Å². The normalized spacial score (nSPS) is 34.9. The maximum absolute atomic E-state index is 13.9. The average Bonchev–Trinajstić information content (AvgIpc) is 3.10. The van der Waals surface area contributed by atoms with Gasteiger partial charge in [-0.3, -0.25) is 4.79 Å². The third-order valence-corrected chi connectivity index (χ3v) is 7.67. The molecule has 4 nitrogen and oxygen atoms in total. The summed E-state index contributed by atoms with van der Waals surface area (Å²) < 4.78 is 41.2. The van der Waals surface area contributed by atoms with Gasteiger partial charge in [-0.1, -0.05) is 6.08 Å². The predicted octanol–water partition coefficient (Wildman–Crippen LogP) is 4.39. The van der Waals surface area contributed by atoms with E-state index >= 15 is 0 Å². The van der Waals surface area contributed by atoms with Crippen molar-refractivity contribution >= 4 is 5.91 Å². The van der Waals surface area contributed by atoms with Crippen molar-refractivity contribution in [3.63, 3.8) is 0 Å². The molecule has 1 atom stereocenters. The number of nitrogens with zero attached hydrogens (tertiary/aromatic N) is 1. The largest absolute Gasteiger partial charge is 0.355 e. The number of fused-ring (bicyclic) bond motifs is 1. The standard InChI is InChI=1S/C24H24F3N3O/c25-17-8-16(9-18(26)20(17)27)22-28-21(19-3-1-2-4-30(19)22)23(31)29-24-10-13-5-14(11-24)7-15(6-13)12-24/h1-4,8-9,13-15,22,28H,5-7,10-12H2,(H,29,31). The number of rotatable bonds is 3. The van der Waals surface area contributed by atoms with Gasteiger partial charge in [0.25, 0.3) is 5.91 Å². The number of halogens is 3. The van der Waals surface area contributed by atoms with Crippen LogP contribution in [0.25, 0.3) is 0 Å². The topological polar surface area (TPSA) is 44.4 Å². The third kappa shape index (κ3) is 3.00. The number of hydrogen-bond acceptors (Lipinski definition) is 3. The summed E-state index contributed by atoms with van der Waals surface area (Å²) >= 11 is 0. The lowest BCUT2D eigenvalue weighted by Crippen LogP contribution is -2.60. The van der Waals surface area contributed by atoms with Crippen LogP contribution >= 0.6 is 0 Å². The van der Waals surface area contributed by atoms with E-state index in [9.17, 15) is 18.0 Å². The molecule has 1 unspecified atom stereocenters. The first-order valence-electron chi connectivity index (χ1n) is 11.0. The fraction of sp³-hybridized carbons (Fsp3) is 0.458. The molecule has 162 valence electrons. The zero-order valence-corrected chi connectivity index (χ0v) is 17.0. The smallest absolute Gasteiger partial charge is 0.270 e. The van der Waals surface area contributed by atoms with Crippen LogP contribution in [-0.2, 0) is 4.79 Å². The van der Waals surface area contributed by atoms with Crippen molar-refractivity contribution in [1.82, 2.24) is 15.5 Å². The van der Waals surface area contributed by atoms with E-state index < -0.39 is 23.6 Å². The Morgan fingerprint density at radius 3 is 2.23 bits per heavy atom. The van der Waals surface area contributed by atoms with Crippen LogP contribution in [0.1, 0.15) is 50.3 Å². The number of benzene rings is 1. The van der Waals surface area contributed by atoms with Gasteiger partial charge in [0.05, 0.1) is 5.70 Å². The minimum absolute atomic E-state index is 0.147. The van der Waals surface area contributed by atoms with Gasteiger partial charge in [-0.2, -0.15) is 0 Å². The van der Waals surface area contributed by atoms with Crippen molar-refractivity contribution in [3.05, 3.63) is 71.0 Å². The molecule has 2 N–H and O–H groups in total. The quantitative estimate of drug-likeness (QED) is 0.704. The van der Waals surface area contributed by atoms with E-state index in [-0.39, 0.29) is 17.0 Å². The Morgan fingerprint density at radius 2 is 1.61 bits per heavy atom. The minimum Gasteiger partial charge on any atom is -0.355 e. The van der Waals surface area contributed by atoms with Gasteiger partial charge in [-0.05, 0) is 80.6 Å². The number of hydrogen-bond donors (Lipinski definition) is 2. The van der Waals surface area contributed by atoms with Gasteiger partial charge >= 0.3 is 0 Å². The van der Waals surface area contributed by atoms with Gasteiger partial charge in [0.15, 0.2) is 17.5 Å². The molecule has 4 saturated carbocycles. The first-order chi connectivity index (χ1) is 14.9. The van der Waals surface area contributed by atoms with E-state index in [2.05, 4.69) is 10.6 Å². The molecule has 0 spiro atoms. The Labute approximate surface area is 178 Å². The van der Waals surface area contributed by atoms with Gasteiger partial charge < -0.3 is 15.5 Å². The highest BCUT2D eigenvalue weighted by Crippen LogP contribution is 2.55. The van der Waals surface area contributed by atoms with Crippen molar-refractivity contribution < 1.29 is 18.0 Å². The van der Waals surface area contributed by atoms with Crippen molar-refractivity contribution in [3.8, 4) is 0 Å². The maximum atomic E-state index is 13.9. The molecule has 1 aromatic rings. The molecule has 2 heterocycles. The van der Waals surface area contributed by atoms with Crippen LogP contribution in [0.4, 0.5) is 13.2 Å². The summed E-state index contributed by atoms with van der Waals surface area (Å²) in [6, 6.07) is 1.94. The van der Waals surface area contributed by atoms with Crippen LogP contribution in [0.3, 0.4) is 0 Å². The van der Waals surface area contributed by atoms with Gasteiger partial charge in [0, 0.05) is 17.3 Å². The molecule has 4 aliphatic carbocycles. The third-order valence-electron chi connectivity index (χ3n) is 7.67. The van der Waals surface area contributed by atoms with Crippen LogP contribution in [0.5, 0.6) is 0 Å². The van der Waals surface area contributed by atoms with Crippen molar-refractivity contribution in [2.75, 3.05) is 0 Å². The Bertz CT molecular complexity index is 1000. The second-order valence-corrected chi connectivity index (χ2v) is 9.87. The molecule has 2 aliphatic heterocycles. The summed E-state index contributed by atoms with van der Waals surface area (Å²) in [6.45, 7) is 0. The highest BCUT2D eigenvalue weighted by atomic mass is 19.2. The number of amides is 1. The summed E-state index contributed by atoms with van der Waals surface area (Å²) in [7, 11) is 0. The van der Waals surface area contributed by atoms with Crippen LogP contribution in [0.15, 0.2) is 48.0 Å². The summed E-state index contributed by atoms with van der Waals surface area (Å²) in [5.41, 5.74) is 1.09. The van der Waals surface area contributed by atoms with Gasteiger partial charge in [-0.25, -0.2) is 13.2 Å². The SMILES string of the molecule is O=C(NC12CC3CC(CC(C3)C1)C2)C1=C2C=CC=CN2C(c2cc(F)c(F)c(F)c2)N1. The summed E-state index contributed by atoms with van der Waals surface area (Å²) in [4.78, 5) is 15.2. The lowest BCUT2D eigenvalue weighted by Gasteiger charge is -2.56. The fourth-order valence-electron chi connectivity index (χ4n) is 6.90. The molecule has 31 heavy (non-hydrogen) atoms. The van der Waals surface area contributed by atoms with E-state index in [1.807, 2.05) is 6.08 Å². The first kappa shape index (κ1) is 19.0. The van der Waals surface area contributed by atoms with E-state index in [0.29, 0.717) is 29.1 Å². The van der Waals surface area contributed by atoms with Crippen LogP contribution in [0, 0.1) is 35.2 Å². The van der Waals surface area contributed by atoms with Crippen molar-refractivity contribution in [2.45, 2.75) is 50.2 Å². The first-order valence-corrected chi connectivity index (χ1v) is 11.0. The van der Waals surface area contributed by atoms with E-state index in [1.165, 1.54) is 19.3 Å². The monoisotopic (exact) mass is 427 g/mol. The molecule has 4 fully saturated rings. The Balaban J connectivity index is 1.29. The molecular formula is C24H24F3N3O. The lowest BCUT2D eigenvalue weighted by atomic mass is 9.53. The molecule has 0 radical (unpaired) electrons. The van der Waals surface area contributed by atoms with Crippen LogP contribution < -0.4 is 10.6 Å². The minimum atomic E-state index is -1.50.